The third-order valence-electron chi connectivity index (χ3n) is 4.40. The molecule has 2 rings (SSSR count). The molecule has 0 saturated carbocycles. The summed E-state index contributed by atoms with van der Waals surface area (Å²) in [5, 5.41) is 6.82. The summed E-state index contributed by atoms with van der Waals surface area (Å²) in [4.78, 5) is 7.00. The number of aliphatic imine (C=N–C) groups is 1. The molecule has 7 heteroatoms. The second kappa shape index (κ2) is 12.7. The monoisotopic (exact) mass is 366 g/mol. The van der Waals surface area contributed by atoms with Gasteiger partial charge in [-0.05, 0) is 38.4 Å². The van der Waals surface area contributed by atoms with Crippen LogP contribution in [0.2, 0.25) is 0 Å². The van der Waals surface area contributed by atoms with Crippen LogP contribution in [-0.4, -0.2) is 77.1 Å². The maximum Gasteiger partial charge on any atom is 0.191 e. The second-order valence-electron chi connectivity index (χ2n) is 6.66. The van der Waals surface area contributed by atoms with Gasteiger partial charge in [0.05, 0.1) is 18.9 Å². The minimum Gasteiger partial charge on any atom is -0.469 e. The fourth-order valence-corrected chi connectivity index (χ4v) is 2.87. The number of rotatable bonds is 12. The Morgan fingerprint density at radius 1 is 1.35 bits per heavy atom. The number of methoxy groups -OCH3 is 1. The highest BCUT2D eigenvalue weighted by Crippen LogP contribution is 2.11. The molecule has 0 amide bonds. The number of ether oxygens (including phenoxy) is 2. The average molecular weight is 367 g/mol. The van der Waals surface area contributed by atoms with Crippen LogP contribution in [0.1, 0.15) is 25.0 Å². The van der Waals surface area contributed by atoms with E-state index >= 15 is 0 Å². The van der Waals surface area contributed by atoms with Crippen molar-refractivity contribution < 1.29 is 13.9 Å². The van der Waals surface area contributed by atoms with Crippen LogP contribution in [-0.2, 0) is 15.9 Å². The summed E-state index contributed by atoms with van der Waals surface area (Å²) < 4.78 is 16.1. The van der Waals surface area contributed by atoms with Gasteiger partial charge >= 0.3 is 0 Å². The van der Waals surface area contributed by atoms with Gasteiger partial charge in [0.2, 0.25) is 0 Å². The number of nitrogens with one attached hydrogen (secondary N) is 2. The molecule has 1 aromatic rings. The predicted octanol–water partition coefficient (Wildman–Crippen LogP) is 1.50. The smallest absolute Gasteiger partial charge is 0.191 e. The molecule has 1 aliphatic heterocycles. The summed E-state index contributed by atoms with van der Waals surface area (Å²) in [5.41, 5.74) is 0. The molecular weight excluding hydrogens is 332 g/mol. The number of nitrogens with zero attached hydrogens (tertiary/aromatic N) is 2. The van der Waals surface area contributed by atoms with E-state index in [1.165, 1.54) is 0 Å². The van der Waals surface area contributed by atoms with Crippen molar-refractivity contribution >= 4 is 5.96 Å². The van der Waals surface area contributed by atoms with Gasteiger partial charge in [0.15, 0.2) is 5.96 Å². The Labute approximate surface area is 157 Å². The van der Waals surface area contributed by atoms with Crippen molar-refractivity contribution in [3.8, 4) is 0 Å². The molecule has 1 aromatic heterocycles. The molecule has 0 radical (unpaired) electrons. The molecule has 7 nitrogen and oxygen atoms in total. The van der Waals surface area contributed by atoms with E-state index in [0.717, 1.165) is 76.8 Å². The standard InChI is InChI=1S/C19H34N4O3/c1-23(11-5-13-24-2)12-10-21-19(22-16-18-7-4-15-26-18)20-9-8-17-6-3-14-25-17/h3,6,14,18H,4-5,7-13,15-16H2,1-2H3,(H2,20,21,22). The van der Waals surface area contributed by atoms with Crippen LogP contribution < -0.4 is 10.6 Å². The molecule has 26 heavy (non-hydrogen) atoms. The first-order valence-corrected chi connectivity index (χ1v) is 9.61. The van der Waals surface area contributed by atoms with E-state index in [9.17, 15) is 0 Å². The number of guanidine groups is 1. The fourth-order valence-electron chi connectivity index (χ4n) is 2.87. The highest BCUT2D eigenvalue weighted by atomic mass is 16.5. The van der Waals surface area contributed by atoms with Crippen LogP contribution in [0.4, 0.5) is 0 Å². The summed E-state index contributed by atoms with van der Waals surface area (Å²) in [6.07, 6.45) is 6.10. The van der Waals surface area contributed by atoms with Crippen molar-refractivity contribution in [3.05, 3.63) is 24.2 Å². The van der Waals surface area contributed by atoms with Gasteiger partial charge in [-0.25, -0.2) is 0 Å². The van der Waals surface area contributed by atoms with Crippen LogP contribution in [0.5, 0.6) is 0 Å². The van der Waals surface area contributed by atoms with Gasteiger partial charge in [-0.2, -0.15) is 0 Å². The third-order valence-corrected chi connectivity index (χ3v) is 4.40. The first kappa shape index (κ1) is 20.7. The van der Waals surface area contributed by atoms with Crippen molar-refractivity contribution in [2.75, 3.05) is 60.1 Å². The molecule has 2 heterocycles. The van der Waals surface area contributed by atoms with Gasteiger partial charge in [0, 0.05) is 52.9 Å². The average Bonchev–Trinajstić information content (AvgIpc) is 3.33. The Hall–Kier alpha value is -1.57. The lowest BCUT2D eigenvalue weighted by atomic mass is 10.2. The molecule has 0 bridgehead atoms. The zero-order valence-corrected chi connectivity index (χ0v) is 16.2. The summed E-state index contributed by atoms with van der Waals surface area (Å²) in [7, 11) is 3.87. The Bertz CT molecular complexity index is 487. The molecule has 0 aliphatic carbocycles. The molecule has 1 saturated heterocycles. The highest BCUT2D eigenvalue weighted by Gasteiger charge is 2.15. The largest absolute Gasteiger partial charge is 0.469 e. The van der Waals surface area contributed by atoms with Crippen LogP contribution in [0, 0.1) is 0 Å². The molecule has 1 atom stereocenters. The van der Waals surface area contributed by atoms with Gasteiger partial charge in [-0.1, -0.05) is 0 Å². The van der Waals surface area contributed by atoms with E-state index in [2.05, 4.69) is 22.6 Å². The van der Waals surface area contributed by atoms with E-state index in [1.807, 2.05) is 12.1 Å². The van der Waals surface area contributed by atoms with Crippen molar-refractivity contribution in [1.29, 1.82) is 0 Å². The highest BCUT2D eigenvalue weighted by molar-refractivity contribution is 5.79. The van der Waals surface area contributed by atoms with E-state index in [-0.39, 0.29) is 6.10 Å². The first-order chi connectivity index (χ1) is 12.8. The number of furan rings is 1. The quantitative estimate of drug-likeness (QED) is 0.332. The Kier molecular flexibility index (Phi) is 10.2. The SMILES string of the molecule is COCCCN(C)CCNC(=NCC1CCCO1)NCCc1ccco1. The van der Waals surface area contributed by atoms with Gasteiger partial charge in [-0.3, -0.25) is 4.99 Å². The minimum atomic E-state index is 0.260. The summed E-state index contributed by atoms with van der Waals surface area (Å²) in [5.74, 6) is 1.83. The van der Waals surface area contributed by atoms with Gasteiger partial charge in [0.25, 0.3) is 0 Å². The lowest BCUT2D eigenvalue weighted by molar-refractivity contribution is 0.117. The van der Waals surface area contributed by atoms with Gasteiger partial charge < -0.3 is 29.4 Å². The van der Waals surface area contributed by atoms with Crippen LogP contribution >= 0.6 is 0 Å². The normalized spacial score (nSPS) is 17.8. The van der Waals surface area contributed by atoms with Gasteiger partial charge in [-0.15, -0.1) is 0 Å². The molecule has 0 spiro atoms. The minimum absolute atomic E-state index is 0.260. The van der Waals surface area contributed by atoms with Gasteiger partial charge in [0.1, 0.15) is 5.76 Å². The molecule has 0 aromatic carbocycles. The van der Waals surface area contributed by atoms with Crippen molar-refractivity contribution in [1.82, 2.24) is 15.5 Å². The Morgan fingerprint density at radius 2 is 2.23 bits per heavy atom. The Balaban J connectivity index is 1.71. The molecule has 1 aliphatic rings. The van der Waals surface area contributed by atoms with E-state index in [1.54, 1.807) is 13.4 Å². The topological polar surface area (TPSA) is 71.3 Å². The molecule has 148 valence electrons. The maximum atomic E-state index is 5.67. The van der Waals surface area contributed by atoms with Crippen molar-refractivity contribution in [2.45, 2.75) is 31.8 Å². The summed E-state index contributed by atoms with van der Waals surface area (Å²) in [6.45, 7) is 6.00. The van der Waals surface area contributed by atoms with E-state index < -0.39 is 0 Å². The lowest BCUT2D eigenvalue weighted by Crippen LogP contribution is -2.42. The molecule has 1 unspecified atom stereocenters. The summed E-state index contributed by atoms with van der Waals surface area (Å²) >= 11 is 0. The summed E-state index contributed by atoms with van der Waals surface area (Å²) in [6, 6.07) is 3.91. The van der Waals surface area contributed by atoms with E-state index in [0.29, 0.717) is 6.54 Å². The number of hydrogen-bond donors (Lipinski definition) is 2. The molecular formula is C19H34N4O3. The molecule has 2 N–H and O–H groups in total. The zero-order valence-electron chi connectivity index (χ0n) is 16.2. The van der Waals surface area contributed by atoms with Crippen LogP contribution in [0.3, 0.4) is 0 Å². The Morgan fingerprint density at radius 3 is 2.96 bits per heavy atom. The number of likely N-dealkylation sites (N-methyl/N-ethyl adjacent to an activating group) is 1. The van der Waals surface area contributed by atoms with Crippen LogP contribution in [0.15, 0.2) is 27.8 Å². The fraction of sp³-hybridized carbons (Fsp3) is 0.737. The van der Waals surface area contributed by atoms with Crippen molar-refractivity contribution in [3.63, 3.8) is 0 Å². The predicted molar refractivity (Wildman–Crippen MR) is 104 cm³/mol. The van der Waals surface area contributed by atoms with E-state index in [4.69, 9.17) is 18.9 Å². The zero-order chi connectivity index (χ0) is 18.5. The molecule has 1 fully saturated rings. The lowest BCUT2D eigenvalue weighted by Gasteiger charge is -2.18. The third kappa shape index (κ3) is 8.69. The van der Waals surface area contributed by atoms with Crippen molar-refractivity contribution in [2.24, 2.45) is 4.99 Å². The first-order valence-electron chi connectivity index (χ1n) is 9.61. The number of hydrogen-bond acceptors (Lipinski definition) is 5. The maximum absolute atomic E-state index is 5.67. The second-order valence-corrected chi connectivity index (χ2v) is 6.66. The van der Waals surface area contributed by atoms with Crippen LogP contribution in [0.25, 0.3) is 0 Å².